The molecule has 0 amide bonds. The van der Waals surface area contributed by atoms with Gasteiger partial charge in [-0.3, -0.25) is 9.58 Å². The van der Waals surface area contributed by atoms with Crippen molar-refractivity contribution in [1.29, 1.82) is 0 Å². The SMILES string of the molecule is CN1CCCC1n1cc(C2CCNC2)cn1. The average Bonchev–Trinajstić information content (AvgIpc) is 2.96. The number of hydrogen-bond donors (Lipinski definition) is 1. The maximum absolute atomic E-state index is 4.54. The number of nitrogens with one attached hydrogen (secondary N) is 1. The fourth-order valence-corrected chi connectivity index (χ4v) is 2.89. The Morgan fingerprint density at radius 2 is 2.38 bits per heavy atom. The molecular formula is C12H20N4. The maximum Gasteiger partial charge on any atom is 0.104 e. The Hall–Kier alpha value is -0.870. The van der Waals surface area contributed by atoms with E-state index in [0.29, 0.717) is 12.1 Å². The molecular weight excluding hydrogens is 200 g/mol. The molecule has 3 rings (SSSR count). The van der Waals surface area contributed by atoms with Gasteiger partial charge in [-0.15, -0.1) is 0 Å². The highest BCUT2D eigenvalue weighted by molar-refractivity contribution is 5.14. The lowest BCUT2D eigenvalue weighted by Crippen LogP contribution is -2.23. The molecule has 2 saturated heterocycles. The van der Waals surface area contributed by atoms with Crippen LogP contribution in [0.4, 0.5) is 0 Å². The largest absolute Gasteiger partial charge is 0.316 e. The minimum absolute atomic E-state index is 0.489. The monoisotopic (exact) mass is 220 g/mol. The first-order valence-electron chi connectivity index (χ1n) is 6.29. The molecule has 2 unspecified atom stereocenters. The number of hydrogen-bond acceptors (Lipinski definition) is 3. The van der Waals surface area contributed by atoms with Gasteiger partial charge in [-0.25, -0.2) is 0 Å². The number of aromatic nitrogens is 2. The van der Waals surface area contributed by atoms with Crippen LogP contribution >= 0.6 is 0 Å². The zero-order valence-electron chi connectivity index (χ0n) is 9.89. The predicted molar refractivity (Wildman–Crippen MR) is 63.4 cm³/mol. The van der Waals surface area contributed by atoms with E-state index < -0.39 is 0 Å². The van der Waals surface area contributed by atoms with Crippen LogP contribution in [0.3, 0.4) is 0 Å². The second kappa shape index (κ2) is 4.18. The highest BCUT2D eigenvalue weighted by atomic mass is 15.4. The highest BCUT2D eigenvalue weighted by Crippen LogP contribution is 2.27. The molecule has 0 radical (unpaired) electrons. The molecule has 0 aromatic carbocycles. The van der Waals surface area contributed by atoms with Gasteiger partial charge in [0.1, 0.15) is 6.17 Å². The zero-order chi connectivity index (χ0) is 11.0. The summed E-state index contributed by atoms with van der Waals surface area (Å²) in [5.74, 6) is 0.681. The molecule has 4 heteroatoms. The van der Waals surface area contributed by atoms with E-state index in [1.54, 1.807) is 0 Å². The molecule has 0 saturated carbocycles. The quantitative estimate of drug-likeness (QED) is 0.812. The van der Waals surface area contributed by atoms with Gasteiger partial charge in [0, 0.05) is 18.7 Å². The average molecular weight is 220 g/mol. The summed E-state index contributed by atoms with van der Waals surface area (Å²) in [4.78, 5) is 2.39. The molecule has 1 aromatic heterocycles. The van der Waals surface area contributed by atoms with Crippen molar-refractivity contribution in [2.75, 3.05) is 26.7 Å². The Labute approximate surface area is 96.6 Å². The van der Waals surface area contributed by atoms with Gasteiger partial charge in [0.25, 0.3) is 0 Å². The number of likely N-dealkylation sites (tertiary alicyclic amines) is 1. The fraction of sp³-hybridized carbons (Fsp3) is 0.750. The van der Waals surface area contributed by atoms with Crippen molar-refractivity contribution in [3.63, 3.8) is 0 Å². The van der Waals surface area contributed by atoms with Crippen molar-refractivity contribution in [3.05, 3.63) is 18.0 Å². The summed E-state index contributed by atoms with van der Waals surface area (Å²) in [6.07, 6.45) is 8.59. The van der Waals surface area contributed by atoms with Crippen molar-refractivity contribution >= 4 is 0 Å². The summed E-state index contributed by atoms with van der Waals surface area (Å²) >= 11 is 0. The molecule has 4 nitrogen and oxygen atoms in total. The van der Waals surface area contributed by atoms with E-state index in [2.05, 4.69) is 39.4 Å². The van der Waals surface area contributed by atoms with Crippen molar-refractivity contribution < 1.29 is 0 Å². The van der Waals surface area contributed by atoms with E-state index in [1.807, 2.05) is 0 Å². The summed E-state index contributed by atoms with van der Waals surface area (Å²) in [7, 11) is 2.19. The van der Waals surface area contributed by atoms with Crippen LogP contribution in [0.25, 0.3) is 0 Å². The molecule has 2 fully saturated rings. The first kappa shape index (κ1) is 10.3. The van der Waals surface area contributed by atoms with Crippen molar-refractivity contribution in [2.45, 2.75) is 31.3 Å². The molecule has 0 aliphatic carbocycles. The van der Waals surface area contributed by atoms with Crippen molar-refractivity contribution in [1.82, 2.24) is 20.0 Å². The lowest BCUT2D eigenvalue weighted by Gasteiger charge is -2.19. The van der Waals surface area contributed by atoms with Crippen LogP contribution in [0.2, 0.25) is 0 Å². The Kier molecular flexibility index (Phi) is 2.69. The molecule has 2 atom stereocenters. The topological polar surface area (TPSA) is 33.1 Å². The summed E-state index contributed by atoms with van der Waals surface area (Å²) in [6, 6.07) is 0. The minimum atomic E-state index is 0.489. The molecule has 2 aliphatic heterocycles. The summed E-state index contributed by atoms with van der Waals surface area (Å²) < 4.78 is 2.15. The van der Waals surface area contributed by atoms with Gasteiger partial charge in [0.2, 0.25) is 0 Å². The van der Waals surface area contributed by atoms with E-state index in [0.717, 1.165) is 13.1 Å². The first-order chi connectivity index (χ1) is 7.84. The number of nitrogens with zero attached hydrogens (tertiary/aromatic N) is 3. The van der Waals surface area contributed by atoms with Gasteiger partial charge in [-0.1, -0.05) is 0 Å². The zero-order valence-corrected chi connectivity index (χ0v) is 9.89. The fourth-order valence-electron chi connectivity index (χ4n) is 2.89. The van der Waals surface area contributed by atoms with E-state index in [4.69, 9.17) is 0 Å². The van der Waals surface area contributed by atoms with Gasteiger partial charge in [-0.05, 0) is 45.0 Å². The Balaban J connectivity index is 1.76. The lowest BCUT2D eigenvalue weighted by atomic mass is 10.0. The van der Waals surface area contributed by atoms with E-state index in [1.165, 1.54) is 31.4 Å². The lowest BCUT2D eigenvalue weighted by molar-refractivity contribution is 0.220. The molecule has 2 aliphatic rings. The van der Waals surface area contributed by atoms with Gasteiger partial charge in [0.05, 0.1) is 6.20 Å². The Morgan fingerprint density at radius 1 is 1.44 bits per heavy atom. The predicted octanol–water partition coefficient (Wildman–Crippen LogP) is 1.18. The highest BCUT2D eigenvalue weighted by Gasteiger charge is 2.24. The second-order valence-corrected chi connectivity index (χ2v) is 5.05. The molecule has 1 aromatic rings. The van der Waals surface area contributed by atoms with Crippen LogP contribution in [0.1, 0.15) is 36.9 Å². The standard InChI is InChI=1S/C12H20N4/c1-15-6-2-3-12(15)16-9-11(8-14-16)10-4-5-13-7-10/h8-10,12-13H,2-7H2,1H3. The molecule has 0 spiro atoms. The summed E-state index contributed by atoms with van der Waals surface area (Å²) in [5.41, 5.74) is 1.41. The van der Waals surface area contributed by atoms with Crippen molar-refractivity contribution in [2.24, 2.45) is 0 Å². The third-order valence-electron chi connectivity index (χ3n) is 3.94. The number of rotatable bonds is 2. The van der Waals surface area contributed by atoms with Crippen LogP contribution in [0.15, 0.2) is 12.4 Å². The third kappa shape index (κ3) is 1.76. The van der Waals surface area contributed by atoms with Crippen LogP contribution in [-0.4, -0.2) is 41.4 Å². The molecule has 3 heterocycles. The van der Waals surface area contributed by atoms with Gasteiger partial charge in [0.15, 0.2) is 0 Å². The van der Waals surface area contributed by atoms with Crippen LogP contribution in [0, 0.1) is 0 Å². The second-order valence-electron chi connectivity index (χ2n) is 5.05. The van der Waals surface area contributed by atoms with Crippen LogP contribution in [0.5, 0.6) is 0 Å². The van der Waals surface area contributed by atoms with Crippen LogP contribution < -0.4 is 5.32 Å². The molecule has 88 valence electrons. The molecule has 16 heavy (non-hydrogen) atoms. The third-order valence-corrected chi connectivity index (χ3v) is 3.94. The van der Waals surface area contributed by atoms with Gasteiger partial charge in [-0.2, -0.15) is 5.10 Å². The minimum Gasteiger partial charge on any atom is -0.316 e. The summed E-state index contributed by atoms with van der Waals surface area (Å²) in [6.45, 7) is 3.47. The first-order valence-corrected chi connectivity index (χ1v) is 6.29. The molecule has 0 bridgehead atoms. The normalized spacial score (nSPS) is 31.3. The van der Waals surface area contributed by atoms with Crippen LogP contribution in [-0.2, 0) is 0 Å². The maximum atomic E-state index is 4.54. The van der Waals surface area contributed by atoms with E-state index >= 15 is 0 Å². The molecule has 1 N–H and O–H groups in total. The van der Waals surface area contributed by atoms with Gasteiger partial charge >= 0.3 is 0 Å². The smallest absolute Gasteiger partial charge is 0.104 e. The van der Waals surface area contributed by atoms with E-state index in [9.17, 15) is 0 Å². The van der Waals surface area contributed by atoms with Crippen molar-refractivity contribution in [3.8, 4) is 0 Å². The van der Waals surface area contributed by atoms with E-state index in [-0.39, 0.29) is 0 Å². The van der Waals surface area contributed by atoms with Gasteiger partial charge < -0.3 is 5.32 Å². The Morgan fingerprint density at radius 3 is 3.06 bits per heavy atom. The summed E-state index contributed by atoms with van der Waals surface area (Å²) in [5, 5.41) is 7.95. The Bertz CT molecular complexity index is 354.